The van der Waals surface area contributed by atoms with E-state index in [2.05, 4.69) is 20.6 Å². The molecule has 1 aliphatic heterocycles. The summed E-state index contributed by atoms with van der Waals surface area (Å²) in [7, 11) is 0. The van der Waals surface area contributed by atoms with Crippen LogP contribution < -0.4 is 16.0 Å². The summed E-state index contributed by atoms with van der Waals surface area (Å²) in [6.45, 7) is 1.48. The number of aryl methyl sites for hydroxylation is 1. The molecule has 14 heteroatoms. The molecule has 2 heterocycles. The lowest BCUT2D eigenvalue weighted by atomic mass is 10.1. The maximum atomic E-state index is 14.4. The van der Waals surface area contributed by atoms with Gasteiger partial charge in [0.1, 0.15) is 33.9 Å². The molecule has 0 saturated carbocycles. The van der Waals surface area contributed by atoms with Gasteiger partial charge in [-0.1, -0.05) is 23.8 Å². The number of hydrogen-bond donors (Lipinski definition) is 4. The number of anilines is 2. The second-order valence-electron chi connectivity index (χ2n) is 8.92. The van der Waals surface area contributed by atoms with Crippen molar-refractivity contribution in [1.82, 2.24) is 15.3 Å². The van der Waals surface area contributed by atoms with Gasteiger partial charge in [-0.15, -0.1) is 0 Å². The zero-order chi connectivity index (χ0) is 29.2. The molecule has 0 spiro atoms. The van der Waals surface area contributed by atoms with Crippen LogP contribution in [0.5, 0.6) is 0 Å². The number of carbonyl (C=O) groups excluding carboxylic acids is 3. The Hall–Kier alpha value is -4.26. The number of aromatic amines is 1. The van der Waals surface area contributed by atoms with Gasteiger partial charge in [0.2, 0.25) is 5.91 Å². The molecule has 1 aromatic heterocycles. The van der Waals surface area contributed by atoms with E-state index < -0.39 is 47.1 Å². The molecule has 4 N–H and O–H groups in total. The highest BCUT2D eigenvalue weighted by molar-refractivity contribution is 6.32. The van der Waals surface area contributed by atoms with Gasteiger partial charge in [-0.2, -0.15) is 13.2 Å². The van der Waals surface area contributed by atoms with Crippen LogP contribution >= 0.6 is 11.6 Å². The fourth-order valence-corrected chi connectivity index (χ4v) is 4.25. The quantitative estimate of drug-likeness (QED) is 0.225. The molecule has 210 valence electrons. The standard InChI is InChI=1S/C26H21ClF5N5O3/c1-12-9-15(28)20(16(29)10-12)24(39)35-17-5-3-2-4-6-19(38)34-18-11-13(33-25(40)26(30,31)32)7-8-14(18)21-22(27)37-23(17)36-21/h2-3,7-11,17H,4-6H2,1H3,(H,33,40)(H,34,38)(H,35,39)(H,36,37)/t17-/m0/s1. The molecule has 2 bridgehead atoms. The minimum absolute atomic E-state index is 0.00929. The molecule has 0 radical (unpaired) electrons. The first-order valence-electron chi connectivity index (χ1n) is 11.8. The van der Waals surface area contributed by atoms with Crippen LogP contribution in [0.2, 0.25) is 5.15 Å². The number of alkyl halides is 3. The summed E-state index contributed by atoms with van der Waals surface area (Å²) >= 11 is 6.39. The average Bonchev–Trinajstić information content (AvgIpc) is 3.23. The highest BCUT2D eigenvalue weighted by Gasteiger charge is 2.38. The largest absolute Gasteiger partial charge is 0.471 e. The molecule has 1 atom stereocenters. The van der Waals surface area contributed by atoms with Gasteiger partial charge in [0.05, 0.1) is 11.7 Å². The maximum absolute atomic E-state index is 14.4. The molecule has 3 aromatic rings. The zero-order valence-corrected chi connectivity index (χ0v) is 21.4. The van der Waals surface area contributed by atoms with Crippen molar-refractivity contribution in [1.29, 1.82) is 0 Å². The number of allylic oxidation sites excluding steroid dienone is 1. The normalized spacial score (nSPS) is 15.7. The second-order valence-corrected chi connectivity index (χ2v) is 9.30. The van der Waals surface area contributed by atoms with Gasteiger partial charge >= 0.3 is 12.1 Å². The molecule has 0 saturated heterocycles. The Balaban J connectivity index is 1.73. The summed E-state index contributed by atoms with van der Waals surface area (Å²) in [6.07, 6.45) is -1.47. The number of fused-ring (bicyclic) bond motifs is 4. The van der Waals surface area contributed by atoms with E-state index in [4.69, 9.17) is 11.6 Å². The number of imidazole rings is 1. The highest BCUT2D eigenvalue weighted by Crippen LogP contribution is 2.36. The number of amides is 3. The van der Waals surface area contributed by atoms with Crippen LogP contribution in [0.15, 0.2) is 42.5 Å². The molecule has 2 aromatic carbocycles. The Morgan fingerprint density at radius 3 is 2.48 bits per heavy atom. The summed E-state index contributed by atoms with van der Waals surface area (Å²) in [6, 6.07) is 4.71. The van der Waals surface area contributed by atoms with Crippen molar-refractivity contribution in [3.05, 3.63) is 76.2 Å². The van der Waals surface area contributed by atoms with Gasteiger partial charge in [-0.05, 0) is 55.7 Å². The smallest absolute Gasteiger partial charge is 0.342 e. The first-order valence-corrected chi connectivity index (χ1v) is 12.2. The second kappa shape index (κ2) is 11.5. The van der Waals surface area contributed by atoms with Crippen molar-refractivity contribution in [3.8, 4) is 11.3 Å². The fraction of sp³-hybridized carbons (Fsp3) is 0.231. The van der Waals surface area contributed by atoms with Crippen molar-refractivity contribution in [3.63, 3.8) is 0 Å². The number of aromatic nitrogens is 2. The first-order chi connectivity index (χ1) is 18.8. The minimum atomic E-state index is -5.13. The number of benzene rings is 2. The molecular weight excluding hydrogens is 561 g/mol. The van der Waals surface area contributed by atoms with Crippen LogP contribution in [0, 0.1) is 18.6 Å². The van der Waals surface area contributed by atoms with E-state index in [0.717, 1.165) is 18.2 Å². The van der Waals surface area contributed by atoms with Gasteiger partial charge in [0.25, 0.3) is 5.91 Å². The van der Waals surface area contributed by atoms with E-state index in [1.165, 1.54) is 19.1 Å². The van der Waals surface area contributed by atoms with Gasteiger partial charge in [0.15, 0.2) is 0 Å². The third kappa shape index (κ3) is 6.47. The Morgan fingerprint density at radius 1 is 1.10 bits per heavy atom. The maximum Gasteiger partial charge on any atom is 0.471 e. The molecule has 0 aliphatic carbocycles. The van der Waals surface area contributed by atoms with E-state index in [9.17, 15) is 36.3 Å². The van der Waals surface area contributed by atoms with Crippen LogP contribution in [-0.4, -0.2) is 33.9 Å². The number of H-pyrrole nitrogens is 1. The molecular formula is C26H21ClF5N5O3. The van der Waals surface area contributed by atoms with E-state index in [1.807, 2.05) is 0 Å². The van der Waals surface area contributed by atoms with Crippen LogP contribution in [0.25, 0.3) is 11.3 Å². The van der Waals surface area contributed by atoms with Crippen LogP contribution in [0.4, 0.5) is 33.3 Å². The van der Waals surface area contributed by atoms with Crippen LogP contribution in [-0.2, 0) is 9.59 Å². The van der Waals surface area contributed by atoms with Crippen molar-refractivity contribution in [2.75, 3.05) is 10.6 Å². The number of nitrogens with one attached hydrogen (secondary N) is 4. The highest BCUT2D eigenvalue weighted by atomic mass is 35.5. The number of rotatable bonds is 3. The Kier molecular flexibility index (Phi) is 8.24. The summed E-state index contributed by atoms with van der Waals surface area (Å²) in [5.41, 5.74) is -0.456. The zero-order valence-electron chi connectivity index (χ0n) is 20.7. The molecule has 1 aliphatic rings. The lowest BCUT2D eigenvalue weighted by molar-refractivity contribution is -0.167. The number of hydrogen-bond acceptors (Lipinski definition) is 4. The van der Waals surface area contributed by atoms with E-state index in [0.29, 0.717) is 5.56 Å². The molecule has 0 fully saturated rings. The van der Waals surface area contributed by atoms with Crippen molar-refractivity contribution >= 4 is 40.7 Å². The van der Waals surface area contributed by atoms with Gasteiger partial charge in [0, 0.05) is 17.7 Å². The Morgan fingerprint density at radius 2 is 1.80 bits per heavy atom. The molecule has 8 nitrogen and oxygen atoms in total. The summed E-state index contributed by atoms with van der Waals surface area (Å²) in [4.78, 5) is 44.0. The lowest BCUT2D eigenvalue weighted by Gasteiger charge is -2.16. The van der Waals surface area contributed by atoms with Gasteiger partial charge < -0.3 is 20.9 Å². The Labute approximate surface area is 229 Å². The first kappa shape index (κ1) is 28.7. The minimum Gasteiger partial charge on any atom is -0.342 e. The average molecular weight is 582 g/mol. The van der Waals surface area contributed by atoms with E-state index in [-0.39, 0.29) is 52.9 Å². The molecule has 40 heavy (non-hydrogen) atoms. The molecule has 0 unspecified atom stereocenters. The lowest BCUT2D eigenvalue weighted by Crippen LogP contribution is -2.30. The SMILES string of the molecule is Cc1cc(F)c(C(=O)N[C@H]2CC=CCCC(=O)Nc3cc(NC(=O)C(F)(F)F)ccc3-c3nc2[nH]c3Cl)c(F)c1. The predicted octanol–water partition coefficient (Wildman–Crippen LogP) is 5.97. The predicted molar refractivity (Wildman–Crippen MR) is 137 cm³/mol. The van der Waals surface area contributed by atoms with Crippen LogP contribution in [0.3, 0.4) is 0 Å². The van der Waals surface area contributed by atoms with Gasteiger partial charge in [-0.25, -0.2) is 13.8 Å². The van der Waals surface area contributed by atoms with E-state index in [1.54, 1.807) is 17.5 Å². The molecule has 4 rings (SSSR count). The number of nitrogens with zero attached hydrogens (tertiary/aromatic N) is 1. The number of carbonyl (C=O) groups is 3. The van der Waals surface area contributed by atoms with Crippen LogP contribution in [0.1, 0.15) is 47.1 Å². The van der Waals surface area contributed by atoms with Crippen molar-refractivity contribution in [2.45, 2.75) is 38.4 Å². The monoisotopic (exact) mass is 581 g/mol. The summed E-state index contributed by atoms with van der Waals surface area (Å²) < 4.78 is 67.1. The molecule has 3 amide bonds. The van der Waals surface area contributed by atoms with Crippen molar-refractivity contribution < 1.29 is 36.3 Å². The topological polar surface area (TPSA) is 116 Å². The third-order valence-corrected chi connectivity index (χ3v) is 6.14. The Bertz CT molecular complexity index is 1500. The summed E-state index contributed by atoms with van der Waals surface area (Å²) in [5.74, 6) is -5.69. The van der Waals surface area contributed by atoms with Crippen molar-refractivity contribution in [2.24, 2.45) is 0 Å². The third-order valence-electron chi connectivity index (χ3n) is 5.87. The number of halogens is 6. The van der Waals surface area contributed by atoms with E-state index >= 15 is 0 Å². The summed E-state index contributed by atoms with van der Waals surface area (Å²) in [5, 5.41) is 6.80. The fourth-order valence-electron chi connectivity index (χ4n) is 4.01. The van der Waals surface area contributed by atoms with Gasteiger partial charge in [-0.3, -0.25) is 14.4 Å².